The Kier molecular flexibility index (Phi) is 8.02. The third-order valence-corrected chi connectivity index (χ3v) is 4.37. The molecular weight excluding hydrogens is 417 g/mol. The van der Waals surface area contributed by atoms with Gasteiger partial charge >= 0.3 is 0 Å². The van der Waals surface area contributed by atoms with Gasteiger partial charge in [-0.15, -0.1) is 0 Å². The summed E-state index contributed by atoms with van der Waals surface area (Å²) in [6, 6.07) is 10.8. The summed E-state index contributed by atoms with van der Waals surface area (Å²) < 4.78 is 35.0. The molecule has 1 amide bonds. The fourth-order valence-electron chi connectivity index (χ4n) is 2.76. The van der Waals surface area contributed by atoms with Crippen LogP contribution in [0.5, 0.6) is 17.2 Å². The van der Waals surface area contributed by atoms with Crippen LogP contribution in [0.15, 0.2) is 47.1 Å². The van der Waals surface area contributed by atoms with Crippen molar-refractivity contribution in [1.29, 1.82) is 0 Å². The summed E-state index contributed by atoms with van der Waals surface area (Å²) >= 11 is 0. The van der Waals surface area contributed by atoms with Crippen molar-refractivity contribution in [3.8, 4) is 28.5 Å². The number of halogens is 1. The zero-order valence-corrected chi connectivity index (χ0v) is 18.3. The number of aromatic nitrogens is 2. The molecule has 0 saturated carbocycles. The van der Waals surface area contributed by atoms with E-state index in [4.69, 9.17) is 18.8 Å². The number of carbonyl (C=O) groups is 1. The number of rotatable bonds is 11. The van der Waals surface area contributed by atoms with Gasteiger partial charge in [-0.3, -0.25) is 4.79 Å². The first-order valence-electron chi connectivity index (χ1n) is 10.5. The molecule has 3 rings (SSSR count). The van der Waals surface area contributed by atoms with Gasteiger partial charge in [0, 0.05) is 5.56 Å². The van der Waals surface area contributed by atoms with Gasteiger partial charge in [-0.1, -0.05) is 13.8 Å². The Hall–Kier alpha value is -3.62. The lowest BCUT2D eigenvalue weighted by Crippen LogP contribution is -2.30. The van der Waals surface area contributed by atoms with Crippen LogP contribution in [-0.4, -0.2) is 35.5 Å². The summed E-state index contributed by atoms with van der Waals surface area (Å²) in [4.78, 5) is 12.6. The van der Waals surface area contributed by atoms with E-state index in [1.807, 2.05) is 13.8 Å². The van der Waals surface area contributed by atoms with Gasteiger partial charge < -0.3 is 19.5 Å². The molecular formula is C23H26FN3O5. The fraction of sp³-hybridized carbons (Fsp3) is 0.348. The second kappa shape index (κ2) is 11.1. The van der Waals surface area contributed by atoms with E-state index in [-0.39, 0.29) is 11.6 Å². The minimum Gasteiger partial charge on any atom is -0.490 e. The molecule has 1 N–H and O–H groups in total. The van der Waals surface area contributed by atoms with Crippen LogP contribution in [0.1, 0.15) is 33.6 Å². The molecule has 1 aromatic heterocycles. The van der Waals surface area contributed by atoms with Crippen molar-refractivity contribution in [3.63, 3.8) is 0 Å². The quantitative estimate of drug-likeness (QED) is 0.452. The van der Waals surface area contributed by atoms with E-state index in [1.165, 1.54) is 24.3 Å². The van der Waals surface area contributed by atoms with Gasteiger partial charge in [-0.2, -0.15) is 0 Å². The van der Waals surface area contributed by atoms with Crippen LogP contribution in [0, 0.1) is 5.82 Å². The van der Waals surface area contributed by atoms with Gasteiger partial charge in [-0.25, -0.2) is 9.02 Å². The molecule has 0 unspecified atom stereocenters. The van der Waals surface area contributed by atoms with Crippen LogP contribution in [-0.2, 0) is 4.79 Å². The number of nitrogens with one attached hydrogen (secondary N) is 1. The summed E-state index contributed by atoms with van der Waals surface area (Å²) in [5, 5.41) is 10.4. The first-order valence-corrected chi connectivity index (χ1v) is 10.5. The molecule has 8 nitrogen and oxygen atoms in total. The van der Waals surface area contributed by atoms with E-state index in [9.17, 15) is 9.18 Å². The number of amides is 1. The third-order valence-electron chi connectivity index (χ3n) is 4.37. The third kappa shape index (κ3) is 5.96. The van der Waals surface area contributed by atoms with Crippen molar-refractivity contribution in [2.45, 2.75) is 39.7 Å². The van der Waals surface area contributed by atoms with E-state index in [1.54, 1.807) is 25.1 Å². The molecule has 3 aromatic rings. The molecule has 170 valence electrons. The van der Waals surface area contributed by atoms with Crippen molar-refractivity contribution in [3.05, 3.63) is 48.3 Å². The summed E-state index contributed by atoms with van der Waals surface area (Å²) in [5.41, 5.74) is 0.985. The minimum atomic E-state index is -0.863. The van der Waals surface area contributed by atoms with Crippen LogP contribution >= 0.6 is 0 Å². The Bertz CT molecular complexity index is 1020. The summed E-state index contributed by atoms with van der Waals surface area (Å²) in [6.07, 6.45) is 0.852. The average Bonchev–Trinajstić information content (AvgIpc) is 3.26. The Balaban J connectivity index is 1.75. The molecule has 9 heteroatoms. The lowest BCUT2D eigenvalue weighted by Gasteiger charge is -2.14. The Morgan fingerprint density at radius 1 is 1.03 bits per heavy atom. The van der Waals surface area contributed by atoms with Crippen molar-refractivity contribution in [2.24, 2.45) is 0 Å². The van der Waals surface area contributed by atoms with E-state index < -0.39 is 12.0 Å². The van der Waals surface area contributed by atoms with Gasteiger partial charge in [-0.05, 0) is 72.5 Å². The highest BCUT2D eigenvalue weighted by molar-refractivity contribution is 5.96. The van der Waals surface area contributed by atoms with E-state index in [2.05, 4.69) is 15.6 Å². The second-order valence-electron chi connectivity index (χ2n) is 7.02. The summed E-state index contributed by atoms with van der Waals surface area (Å²) in [7, 11) is 0. The highest BCUT2D eigenvalue weighted by Gasteiger charge is 2.21. The standard InChI is InChI=1S/C23H26FN3O5/c1-4-12-29-19-11-6-16(14-20(19)30-13-5-2)21-22(27-32-26-21)25-23(28)15(3)31-18-9-7-17(24)8-10-18/h6-11,14-15H,4-5,12-13H2,1-3H3,(H,25,27,28)/t15-/m0/s1. The Labute approximate surface area is 185 Å². The molecule has 2 aromatic carbocycles. The molecule has 0 spiro atoms. The molecule has 0 fully saturated rings. The van der Waals surface area contributed by atoms with Crippen molar-refractivity contribution >= 4 is 11.7 Å². The number of hydrogen-bond acceptors (Lipinski definition) is 7. The first-order chi connectivity index (χ1) is 15.5. The van der Waals surface area contributed by atoms with E-state index in [0.717, 1.165) is 12.8 Å². The molecule has 0 aliphatic heterocycles. The van der Waals surface area contributed by atoms with Crippen molar-refractivity contribution < 1.29 is 28.0 Å². The molecule has 0 aliphatic rings. The van der Waals surface area contributed by atoms with Crippen LogP contribution < -0.4 is 19.5 Å². The predicted octanol–water partition coefficient (Wildman–Crippen LogP) is 4.86. The normalized spacial score (nSPS) is 11.6. The first kappa shape index (κ1) is 23.1. The average molecular weight is 443 g/mol. The van der Waals surface area contributed by atoms with Crippen LogP contribution in [0.4, 0.5) is 10.2 Å². The van der Waals surface area contributed by atoms with Gasteiger partial charge in [0.1, 0.15) is 11.6 Å². The van der Waals surface area contributed by atoms with Crippen molar-refractivity contribution in [1.82, 2.24) is 10.3 Å². The fourth-order valence-corrected chi connectivity index (χ4v) is 2.76. The number of ether oxygens (including phenoxy) is 3. The molecule has 32 heavy (non-hydrogen) atoms. The predicted molar refractivity (Wildman–Crippen MR) is 116 cm³/mol. The molecule has 1 atom stereocenters. The maximum Gasteiger partial charge on any atom is 0.266 e. The number of carbonyl (C=O) groups excluding carboxylic acids is 1. The van der Waals surface area contributed by atoms with Crippen LogP contribution in [0.25, 0.3) is 11.3 Å². The molecule has 0 saturated heterocycles. The highest BCUT2D eigenvalue weighted by atomic mass is 19.1. The maximum absolute atomic E-state index is 13.0. The Morgan fingerprint density at radius 3 is 2.41 bits per heavy atom. The summed E-state index contributed by atoms with van der Waals surface area (Å²) in [5.74, 6) is 0.873. The zero-order chi connectivity index (χ0) is 22.9. The van der Waals surface area contributed by atoms with Gasteiger partial charge in [0.2, 0.25) is 5.82 Å². The molecule has 0 bridgehead atoms. The minimum absolute atomic E-state index is 0.147. The number of anilines is 1. The lowest BCUT2D eigenvalue weighted by molar-refractivity contribution is -0.122. The lowest BCUT2D eigenvalue weighted by atomic mass is 10.1. The zero-order valence-electron chi connectivity index (χ0n) is 18.3. The Morgan fingerprint density at radius 2 is 1.72 bits per heavy atom. The molecule has 0 aliphatic carbocycles. The second-order valence-corrected chi connectivity index (χ2v) is 7.02. The summed E-state index contributed by atoms with van der Waals surface area (Å²) in [6.45, 7) is 6.71. The highest BCUT2D eigenvalue weighted by Crippen LogP contribution is 2.34. The van der Waals surface area contributed by atoms with Crippen LogP contribution in [0.3, 0.4) is 0 Å². The van der Waals surface area contributed by atoms with Gasteiger partial charge in [0.05, 0.1) is 13.2 Å². The van der Waals surface area contributed by atoms with Crippen molar-refractivity contribution in [2.75, 3.05) is 18.5 Å². The van der Waals surface area contributed by atoms with Crippen LogP contribution in [0.2, 0.25) is 0 Å². The van der Waals surface area contributed by atoms with Gasteiger partial charge in [0.25, 0.3) is 5.91 Å². The van der Waals surface area contributed by atoms with E-state index >= 15 is 0 Å². The molecule has 1 heterocycles. The monoisotopic (exact) mass is 443 g/mol. The smallest absolute Gasteiger partial charge is 0.266 e. The number of benzene rings is 2. The van der Waals surface area contributed by atoms with Gasteiger partial charge in [0.15, 0.2) is 23.3 Å². The largest absolute Gasteiger partial charge is 0.490 e. The molecule has 0 radical (unpaired) electrons. The number of hydrogen-bond donors (Lipinski definition) is 1. The maximum atomic E-state index is 13.0. The number of nitrogens with zero attached hydrogens (tertiary/aromatic N) is 2. The SMILES string of the molecule is CCCOc1ccc(-c2nonc2NC(=O)[C@H](C)Oc2ccc(F)cc2)cc1OCCC. The topological polar surface area (TPSA) is 95.7 Å². The van der Waals surface area contributed by atoms with E-state index in [0.29, 0.717) is 41.7 Å².